The fraction of sp³-hybridized carbons (Fsp3) is 0.641. The van der Waals surface area contributed by atoms with Gasteiger partial charge in [-0.3, -0.25) is 24.3 Å². The highest BCUT2D eigenvalue weighted by Crippen LogP contribution is 2.46. The van der Waals surface area contributed by atoms with E-state index >= 15 is 0 Å². The molecule has 1 aromatic heterocycles. The maximum absolute atomic E-state index is 13.4. The molecule has 52 heavy (non-hydrogen) atoms. The molecule has 0 bridgehead atoms. The van der Waals surface area contributed by atoms with Gasteiger partial charge in [0.25, 0.3) is 0 Å². The van der Waals surface area contributed by atoms with Gasteiger partial charge >= 0.3 is 0 Å². The van der Waals surface area contributed by atoms with E-state index in [0.29, 0.717) is 70.7 Å². The summed E-state index contributed by atoms with van der Waals surface area (Å²) in [4.78, 5) is 50.1. The van der Waals surface area contributed by atoms with Gasteiger partial charge in [-0.05, 0) is 114 Å². The summed E-state index contributed by atoms with van der Waals surface area (Å²) in [6.07, 6.45) is 8.91. The van der Waals surface area contributed by atoms with Crippen molar-refractivity contribution < 1.29 is 23.9 Å². The van der Waals surface area contributed by atoms with Crippen LogP contribution in [0.15, 0.2) is 33.3 Å². The van der Waals surface area contributed by atoms with Crippen molar-refractivity contribution in [3.8, 4) is 0 Å². The molecule has 0 spiro atoms. The molecule has 0 N–H and O–H groups in total. The van der Waals surface area contributed by atoms with Crippen LogP contribution in [-0.2, 0) is 36.7 Å². The molecule has 0 radical (unpaired) electrons. The number of ether oxygens (including phenoxy) is 2. The second kappa shape index (κ2) is 19.0. The van der Waals surface area contributed by atoms with E-state index in [4.69, 9.17) is 26.1 Å². The van der Waals surface area contributed by atoms with Gasteiger partial charge in [-0.2, -0.15) is 0 Å². The van der Waals surface area contributed by atoms with Gasteiger partial charge in [0, 0.05) is 78.2 Å². The molecule has 2 aromatic rings. The van der Waals surface area contributed by atoms with Crippen LogP contribution in [0.4, 0.5) is 0 Å². The minimum absolute atomic E-state index is 0.180. The van der Waals surface area contributed by atoms with E-state index in [-0.39, 0.29) is 23.6 Å². The van der Waals surface area contributed by atoms with Crippen molar-refractivity contribution in [3.63, 3.8) is 0 Å². The topological polar surface area (TPSA) is 95.5 Å². The maximum Gasteiger partial charge on any atom is 0.236 e. The minimum atomic E-state index is 0.180. The molecule has 7 rings (SSSR count). The molecule has 284 valence electrons. The number of amides is 3. The van der Waals surface area contributed by atoms with Crippen LogP contribution in [0.3, 0.4) is 0 Å². The first-order valence-corrected chi connectivity index (χ1v) is 21.0. The van der Waals surface area contributed by atoms with Crippen molar-refractivity contribution in [1.29, 1.82) is 0 Å². The third-order valence-corrected chi connectivity index (χ3v) is 12.6. The number of aromatic nitrogens is 1. The average molecular weight is 866 g/mol. The first-order chi connectivity index (χ1) is 25.2. The number of aryl methyl sites for hydroxylation is 2. The summed E-state index contributed by atoms with van der Waals surface area (Å²) in [5.74, 6) is 1.71. The predicted molar refractivity (Wildman–Crippen MR) is 209 cm³/mol. The summed E-state index contributed by atoms with van der Waals surface area (Å²) in [6, 6.07) is 6.36. The van der Waals surface area contributed by atoms with Crippen LogP contribution in [0.2, 0.25) is 5.02 Å². The van der Waals surface area contributed by atoms with Crippen LogP contribution >= 0.6 is 43.5 Å². The SMILES string of the molecule is CCC(=O)N1CCOCC1.O=C(CC1CCN(CC(=O)N2CCOCC2)CC1)N1CCC([C@H]2c3ncc(Br)cc3CCc3cc(Cl)cc(Br)c32)CC1. The molecule has 5 aliphatic rings. The Morgan fingerprint density at radius 1 is 0.769 bits per heavy atom. The number of nitrogens with zero attached hydrogens (tertiary/aromatic N) is 5. The standard InChI is InChI=1S/C32H39Br2ClN4O3.C7H13NO2/c33-25-16-24-2-1-23-17-26(35)18-27(34)30(23)31(32(24)36-19-25)22-5-9-38(10-6-22)28(40)15-21-3-7-37(8-4-21)20-29(41)39-11-13-42-14-12-39;1-2-7(9)8-3-5-10-6-4-8/h16-19,21-22,31H,1-15,20H2;2-6H2,1H3/t31-;/m1./s1. The monoisotopic (exact) mass is 863 g/mol. The molecule has 1 aromatic carbocycles. The smallest absolute Gasteiger partial charge is 0.236 e. The molecule has 10 nitrogen and oxygen atoms in total. The molecule has 5 heterocycles. The first-order valence-electron chi connectivity index (χ1n) is 19.0. The number of carbonyl (C=O) groups is 3. The van der Waals surface area contributed by atoms with E-state index in [2.05, 4.69) is 53.8 Å². The molecule has 0 unspecified atom stereocenters. The number of likely N-dealkylation sites (tertiary alicyclic amines) is 2. The second-order valence-corrected chi connectivity index (χ2v) is 16.8. The zero-order valence-corrected chi connectivity index (χ0v) is 34.2. The number of fused-ring (bicyclic) bond motifs is 2. The molecule has 3 amide bonds. The number of hydrogen-bond acceptors (Lipinski definition) is 7. The van der Waals surface area contributed by atoms with Gasteiger partial charge in [-0.15, -0.1) is 0 Å². The van der Waals surface area contributed by atoms with Crippen molar-refractivity contribution in [1.82, 2.24) is 24.6 Å². The van der Waals surface area contributed by atoms with E-state index in [1.165, 1.54) is 22.4 Å². The number of halogens is 3. The first kappa shape index (κ1) is 39.6. The summed E-state index contributed by atoms with van der Waals surface area (Å²) in [6.45, 7) is 11.3. The van der Waals surface area contributed by atoms with E-state index < -0.39 is 0 Å². The molecule has 1 atom stereocenters. The maximum atomic E-state index is 13.4. The van der Waals surface area contributed by atoms with Crippen LogP contribution in [0, 0.1) is 11.8 Å². The summed E-state index contributed by atoms with van der Waals surface area (Å²) >= 11 is 14.0. The van der Waals surface area contributed by atoms with E-state index in [0.717, 1.165) is 91.8 Å². The lowest BCUT2D eigenvalue weighted by atomic mass is 9.76. The average Bonchev–Trinajstić information content (AvgIpc) is 3.33. The highest BCUT2D eigenvalue weighted by Gasteiger charge is 2.37. The number of hydrogen-bond donors (Lipinski definition) is 0. The van der Waals surface area contributed by atoms with Crippen LogP contribution in [0.1, 0.15) is 73.8 Å². The Kier molecular flexibility index (Phi) is 14.5. The van der Waals surface area contributed by atoms with Gasteiger partial charge in [-0.25, -0.2) is 0 Å². The van der Waals surface area contributed by atoms with Gasteiger partial charge in [-0.1, -0.05) is 34.5 Å². The van der Waals surface area contributed by atoms with Crippen molar-refractivity contribution >= 4 is 61.2 Å². The molecular weight excluding hydrogens is 814 g/mol. The third kappa shape index (κ3) is 10.2. The van der Waals surface area contributed by atoms with Crippen LogP contribution in [0.5, 0.6) is 0 Å². The van der Waals surface area contributed by atoms with Gasteiger partial charge in [0.05, 0.1) is 38.7 Å². The van der Waals surface area contributed by atoms with Gasteiger partial charge < -0.3 is 24.2 Å². The number of carbonyl (C=O) groups excluding carboxylic acids is 3. The number of rotatable bonds is 6. The molecule has 4 aliphatic heterocycles. The van der Waals surface area contributed by atoms with Crippen molar-refractivity contribution in [3.05, 3.63) is 60.7 Å². The van der Waals surface area contributed by atoms with E-state index in [1.54, 1.807) is 0 Å². The Morgan fingerprint density at radius 3 is 2.00 bits per heavy atom. The lowest BCUT2D eigenvalue weighted by Gasteiger charge is -2.38. The fourth-order valence-corrected chi connectivity index (χ4v) is 9.88. The Balaban J connectivity index is 0.000000402. The summed E-state index contributed by atoms with van der Waals surface area (Å²) < 4.78 is 12.5. The van der Waals surface area contributed by atoms with Crippen molar-refractivity contribution in [2.45, 2.75) is 64.2 Å². The lowest BCUT2D eigenvalue weighted by molar-refractivity contribution is -0.137. The second-order valence-electron chi connectivity index (χ2n) is 14.6. The molecule has 4 fully saturated rings. The normalized spacial score (nSPS) is 21.8. The largest absolute Gasteiger partial charge is 0.378 e. The summed E-state index contributed by atoms with van der Waals surface area (Å²) in [5, 5.41) is 0.759. The molecule has 0 saturated carbocycles. The quantitative estimate of drug-likeness (QED) is 0.355. The molecular formula is C39H52Br2ClN5O5. The minimum Gasteiger partial charge on any atom is -0.378 e. The van der Waals surface area contributed by atoms with Crippen LogP contribution in [0.25, 0.3) is 0 Å². The molecule has 4 saturated heterocycles. The zero-order valence-electron chi connectivity index (χ0n) is 30.3. The highest BCUT2D eigenvalue weighted by molar-refractivity contribution is 9.10. The van der Waals surface area contributed by atoms with Crippen molar-refractivity contribution in [2.75, 3.05) is 85.3 Å². The van der Waals surface area contributed by atoms with Crippen molar-refractivity contribution in [2.24, 2.45) is 11.8 Å². The predicted octanol–water partition coefficient (Wildman–Crippen LogP) is 5.95. The Bertz CT molecular complexity index is 1550. The Labute approximate surface area is 330 Å². The number of piperidine rings is 2. The number of morpholine rings is 2. The van der Waals surface area contributed by atoms with Gasteiger partial charge in [0.1, 0.15) is 0 Å². The highest BCUT2D eigenvalue weighted by atomic mass is 79.9. The Morgan fingerprint density at radius 2 is 1.37 bits per heavy atom. The number of benzene rings is 1. The van der Waals surface area contributed by atoms with Crippen LogP contribution in [-0.4, -0.2) is 128 Å². The van der Waals surface area contributed by atoms with Crippen LogP contribution < -0.4 is 0 Å². The third-order valence-electron chi connectivity index (χ3n) is 11.3. The number of pyridine rings is 1. The molecule has 1 aliphatic carbocycles. The van der Waals surface area contributed by atoms with E-state index in [1.807, 2.05) is 29.0 Å². The van der Waals surface area contributed by atoms with Gasteiger partial charge in [0.2, 0.25) is 17.7 Å². The lowest BCUT2D eigenvalue weighted by Crippen LogP contribution is -2.47. The molecule has 13 heteroatoms. The summed E-state index contributed by atoms with van der Waals surface area (Å²) in [5.41, 5.74) is 5.08. The van der Waals surface area contributed by atoms with Gasteiger partial charge in [0.15, 0.2) is 0 Å². The Hall–Kier alpha value is -2.09. The zero-order chi connectivity index (χ0) is 36.6. The fourth-order valence-electron chi connectivity index (χ4n) is 8.38. The summed E-state index contributed by atoms with van der Waals surface area (Å²) in [7, 11) is 0. The van der Waals surface area contributed by atoms with E-state index in [9.17, 15) is 14.4 Å².